The van der Waals surface area contributed by atoms with Crippen molar-refractivity contribution < 1.29 is 14.4 Å². The largest absolute Gasteiger partial charge is 0.724 e. The van der Waals surface area contributed by atoms with Crippen LogP contribution < -0.4 is 0 Å². The van der Waals surface area contributed by atoms with Crippen molar-refractivity contribution in [2.75, 3.05) is 0 Å². The van der Waals surface area contributed by atoms with E-state index in [2.05, 4.69) is 13.8 Å². The number of hydrogen-bond acceptors (Lipinski definition) is 3. The Hall–Kier alpha value is -1.86. The summed E-state index contributed by atoms with van der Waals surface area (Å²) in [6.45, 7) is 4.56. The summed E-state index contributed by atoms with van der Waals surface area (Å²) in [4.78, 5) is 24.7. The second-order valence-electron chi connectivity index (χ2n) is 4.10. The number of nitrogens with zero attached hydrogens (tertiary/aromatic N) is 3. The number of rotatable bonds is 9. The highest BCUT2D eigenvalue weighted by Gasteiger charge is 1.90. The zero-order valence-corrected chi connectivity index (χ0v) is 13.1. The molecule has 21 heavy (non-hydrogen) atoms. The molecule has 0 bridgehead atoms. The first-order valence-electron chi connectivity index (χ1n) is 7.20. The molecule has 0 aromatic rings. The van der Waals surface area contributed by atoms with Gasteiger partial charge in [0.1, 0.15) is 0 Å². The SMILES string of the molecule is CCCCCCCCCCCC.[N-]=C=O.[N-]=C=O.[N-]=C=O. The summed E-state index contributed by atoms with van der Waals surface area (Å²) in [5, 5.41) is 20.3. The average Bonchev–Trinajstić information content (AvgIpc) is 2.44. The molecule has 0 aliphatic rings. The molecule has 0 aromatic carbocycles. The normalized spacial score (nSPS) is 7.14. The van der Waals surface area contributed by atoms with Crippen molar-refractivity contribution in [1.82, 2.24) is 0 Å². The first kappa shape index (κ1) is 27.5. The van der Waals surface area contributed by atoms with Crippen LogP contribution >= 0.6 is 0 Å². The first-order valence-corrected chi connectivity index (χ1v) is 7.20. The Labute approximate surface area is 127 Å². The van der Waals surface area contributed by atoms with Crippen LogP contribution in [0.4, 0.5) is 0 Å². The summed E-state index contributed by atoms with van der Waals surface area (Å²) in [5.74, 6) is 0. The van der Waals surface area contributed by atoms with Gasteiger partial charge in [-0.3, -0.25) is 14.4 Å². The van der Waals surface area contributed by atoms with Crippen molar-refractivity contribution in [2.45, 2.75) is 78.1 Å². The van der Waals surface area contributed by atoms with Gasteiger partial charge in [-0.2, -0.15) is 0 Å². The van der Waals surface area contributed by atoms with E-state index >= 15 is 0 Å². The maximum atomic E-state index is 8.24. The minimum absolute atomic E-state index is 0.500. The molecule has 6 nitrogen and oxygen atoms in total. The highest BCUT2D eigenvalue weighted by molar-refractivity contribution is 5.37. The van der Waals surface area contributed by atoms with Gasteiger partial charge in [0.05, 0.1) is 0 Å². The van der Waals surface area contributed by atoms with Gasteiger partial charge in [0.25, 0.3) is 0 Å². The third kappa shape index (κ3) is 92.7. The molecular formula is C15H26N3O3-3. The second-order valence-corrected chi connectivity index (χ2v) is 4.10. The number of carbonyl (C=O) groups excluding carboxylic acids is 3. The van der Waals surface area contributed by atoms with Crippen LogP contribution in [0.3, 0.4) is 0 Å². The van der Waals surface area contributed by atoms with Crippen LogP contribution in [0, 0.1) is 0 Å². The molecule has 0 saturated carbocycles. The van der Waals surface area contributed by atoms with E-state index in [1.165, 1.54) is 64.2 Å². The molecule has 0 unspecified atom stereocenters. The molecule has 0 radical (unpaired) electrons. The quantitative estimate of drug-likeness (QED) is 0.351. The minimum Gasteiger partial charge on any atom is -0.724 e. The van der Waals surface area contributed by atoms with E-state index in [1.54, 1.807) is 0 Å². The molecule has 0 amide bonds. The van der Waals surface area contributed by atoms with Gasteiger partial charge in [0, 0.05) is 0 Å². The van der Waals surface area contributed by atoms with E-state index in [1.807, 2.05) is 0 Å². The van der Waals surface area contributed by atoms with E-state index < -0.39 is 0 Å². The van der Waals surface area contributed by atoms with Crippen LogP contribution in [-0.4, -0.2) is 18.2 Å². The maximum Gasteiger partial charge on any atom is -0.0159 e. The molecule has 0 aliphatic heterocycles. The van der Waals surface area contributed by atoms with Gasteiger partial charge in [-0.05, 0) is 18.2 Å². The second kappa shape index (κ2) is 42.9. The third-order valence-electron chi connectivity index (χ3n) is 2.46. The van der Waals surface area contributed by atoms with Gasteiger partial charge >= 0.3 is 0 Å². The van der Waals surface area contributed by atoms with E-state index in [0.29, 0.717) is 18.2 Å². The van der Waals surface area contributed by atoms with Crippen molar-refractivity contribution in [1.29, 1.82) is 0 Å². The summed E-state index contributed by atoms with van der Waals surface area (Å²) in [6.07, 6.45) is 15.9. The van der Waals surface area contributed by atoms with Gasteiger partial charge in [-0.15, -0.1) is 0 Å². The lowest BCUT2D eigenvalue weighted by atomic mass is 10.1. The molecule has 0 spiro atoms. The Morgan fingerprint density at radius 3 is 0.810 bits per heavy atom. The number of hydrogen-bond donors (Lipinski definition) is 0. The highest BCUT2D eigenvalue weighted by atomic mass is 16.1. The Bertz CT molecular complexity index is 225. The lowest BCUT2D eigenvalue weighted by Gasteiger charge is -1.99. The molecule has 6 heteroatoms. The van der Waals surface area contributed by atoms with E-state index in [9.17, 15) is 0 Å². The zero-order valence-electron chi connectivity index (χ0n) is 13.1. The fourth-order valence-electron chi connectivity index (χ4n) is 1.56. The fraction of sp³-hybridized carbons (Fsp3) is 0.800. The molecule has 0 fully saturated rings. The van der Waals surface area contributed by atoms with Crippen molar-refractivity contribution in [3.05, 3.63) is 16.2 Å². The van der Waals surface area contributed by atoms with Crippen molar-refractivity contribution in [2.24, 2.45) is 0 Å². The maximum absolute atomic E-state index is 8.24. The van der Waals surface area contributed by atoms with Crippen LogP contribution in [0.2, 0.25) is 0 Å². The number of unbranched alkanes of at least 4 members (excludes halogenated alkanes) is 9. The van der Waals surface area contributed by atoms with Crippen LogP contribution in [-0.2, 0) is 14.4 Å². The Morgan fingerprint density at radius 1 is 0.524 bits per heavy atom. The predicted molar refractivity (Wildman–Crippen MR) is 84.7 cm³/mol. The monoisotopic (exact) mass is 296 g/mol. The summed E-state index contributed by atoms with van der Waals surface area (Å²) in [6, 6.07) is 0. The summed E-state index contributed by atoms with van der Waals surface area (Å²) in [7, 11) is 0. The standard InChI is InChI=1S/C12H26.3CNO/c1-3-5-7-9-11-12-10-8-6-4-2;3*2-1-3/h3-12H2,1-2H3;;;/q;3*-1. The van der Waals surface area contributed by atoms with E-state index in [4.69, 9.17) is 30.6 Å². The van der Waals surface area contributed by atoms with Gasteiger partial charge in [-0.25, -0.2) is 0 Å². The first-order chi connectivity index (χ1) is 10.2. The molecule has 0 N–H and O–H groups in total. The molecule has 122 valence electrons. The van der Waals surface area contributed by atoms with Gasteiger partial charge in [0.2, 0.25) is 0 Å². The lowest BCUT2D eigenvalue weighted by Crippen LogP contribution is -1.80. The molecule has 0 atom stereocenters. The van der Waals surface area contributed by atoms with Crippen LogP contribution in [0.15, 0.2) is 0 Å². The lowest BCUT2D eigenvalue weighted by molar-refractivity contribution is 0.562. The average molecular weight is 296 g/mol. The van der Waals surface area contributed by atoms with Crippen molar-refractivity contribution in [3.63, 3.8) is 0 Å². The van der Waals surface area contributed by atoms with Gasteiger partial charge in [0.15, 0.2) is 0 Å². The van der Waals surface area contributed by atoms with Crippen LogP contribution in [0.1, 0.15) is 78.1 Å². The minimum atomic E-state index is 0.500. The number of isocyanates is 3. The third-order valence-corrected chi connectivity index (χ3v) is 2.46. The molecule has 0 heterocycles. The molecule has 0 rings (SSSR count). The van der Waals surface area contributed by atoms with E-state index in [0.717, 1.165) is 0 Å². The van der Waals surface area contributed by atoms with Gasteiger partial charge in [-0.1, -0.05) is 78.1 Å². The molecule has 0 saturated heterocycles. The van der Waals surface area contributed by atoms with Crippen LogP contribution in [0.25, 0.3) is 16.2 Å². The van der Waals surface area contributed by atoms with Crippen molar-refractivity contribution >= 4 is 18.2 Å². The Kier molecular flexibility index (Phi) is 56.2. The van der Waals surface area contributed by atoms with Gasteiger partial charge < -0.3 is 16.2 Å². The Balaban J connectivity index is -0.000000132. The molecule has 0 aliphatic carbocycles. The molecular weight excluding hydrogens is 270 g/mol. The highest BCUT2D eigenvalue weighted by Crippen LogP contribution is 2.09. The fourth-order valence-corrected chi connectivity index (χ4v) is 1.56. The topological polar surface area (TPSA) is 118 Å². The summed E-state index contributed by atoms with van der Waals surface area (Å²) < 4.78 is 0. The zero-order chi connectivity index (χ0) is 17.2. The molecule has 0 aromatic heterocycles. The summed E-state index contributed by atoms with van der Waals surface area (Å²) in [5.41, 5.74) is 0. The van der Waals surface area contributed by atoms with E-state index in [-0.39, 0.29) is 0 Å². The smallest absolute Gasteiger partial charge is 0.0159 e. The predicted octanol–water partition coefficient (Wildman–Crippen LogP) is 4.60. The van der Waals surface area contributed by atoms with Crippen LogP contribution in [0.5, 0.6) is 0 Å². The Morgan fingerprint density at radius 2 is 0.667 bits per heavy atom. The summed E-state index contributed by atoms with van der Waals surface area (Å²) >= 11 is 0. The van der Waals surface area contributed by atoms with Crippen molar-refractivity contribution in [3.8, 4) is 0 Å².